The van der Waals surface area contributed by atoms with Gasteiger partial charge in [-0.05, 0) is 0 Å². The molecular formula is C6H13N3O4S. The maximum Gasteiger partial charge on any atom is 0.259 e. The minimum atomic E-state index is -3.57. The van der Waals surface area contributed by atoms with Crippen molar-refractivity contribution in [3.8, 4) is 0 Å². The monoisotopic (exact) mass is 223 g/mol. The summed E-state index contributed by atoms with van der Waals surface area (Å²) in [5.74, 6) is -1.62. The van der Waals surface area contributed by atoms with Gasteiger partial charge in [-0.25, -0.2) is 13.9 Å². The Hall–Kier alpha value is -0.700. The number of carbonyl (C=O) groups is 1. The van der Waals surface area contributed by atoms with E-state index in [2.05, 4.69) is 5.32 Å². The van der Waals surface area contributed by atoms with Crippen LogP contribution in [-0.4, -0.2) is 55.8 Å². The van der Waals surface area contributed by atoms with Gasteiger partial charge in [0, 0.05) is 26.2 Å². The lowest BCUT2D eigenvalue weighted by Crippen LogP contribution is -2.48. The van der Waals surface area contributed by atoms with E-state index < -0.39 is 21.7 Å². The number of sulfonamides is 1. The molecule has 1 aliphatic rings. The second kappa shape index (κ2) is 4.69. The van der Waals surface area contributed by atoms with Gasteiger partial charge < -0.3 is 5.32 Å². The van der Waals surface area contributed by atoms with E-state index in [1.165, 1.54) is 9.79 Å². The molecule has 82 valence electrons. The van der Waals surface area contributed by atoms with Gasteiger partial charge in [0.25, 0.3) is 5.91 Å². The zero-order valence-electron chi connectivity index (χ0n) is 7.56. The average Bonchev–Trinajstić information content (AvgIpc) is 2.18. The molecular weight excluding hydrogens is 210 g/mol. The minimum Gasteiger partial charge on any atom is -0.314 e. The molecule has 0 unspecified atom stereocenters. The van der Waals surface area contributed by atoms with Gasteiger partial charge in [0.1, 0.15) is 5.75 Å². The normalized spacial score (nSPS) is 19.2. The first kappa shape index (κ1) is 11.4. The van der Waals surface area contributed by atoms with E-state index in [4.69, 9.17) is 5.21 Å². The van der Waals surface area contributed by atoms with Gasteiger partial charge in [-0.3, -0.25) is 10.0 Å². The number of nitrogens with zero attached hydrogens (tertiary/aromatic N) is 1. The molecule has 1 aliphatic heterocycles. The van der Waals surface area contributed by atoms with Gasteiger partial charge in [0.2, 0.25) is 10.0 Å². The Kier molecular flexibility index (Phi) is 3.81. The fourth-order valence-electron chi connectivity index (χ4n) is 1.21. The van der Waals surface area contributed by atoms with Crippen LogP contribution in [0.4, 0.5) is 0 Å². The molecule has 0 saturated carbocycles. The maximum atomic E-state index is 11.5. The second-order valence-electron chi connectivity index (χ2n) is 2.94. The van der Waals surface area contributed by atoms with Gasteiger partial charge in [0.05, 0.1) is 0 Å². The number of hydrogen-bond acceptors (Lipinski definition) is 5. The van der Waals surface area contributed by atoms with Crippen molar-refractivity contribution < 1.29 is 18.4 Å². The van der Waals surface area contributed by atoms with E-state index in [0.717, 1.165) is 0 Å². The number of carbonyl (C=O) groups excluding carboxylic acids is 1. The van der Waals surface area contributed by atoms with E-state index >= 15 is 0 Å². The molecule has 8 heteroatoms. The van der Waals surface area contributed by atoms with Gasteiger partial charge >= 0.3 is 0 Å². The SMILES string of the molecule is O=C(CS(=O)(=O)N1CCNCC1)NO. The number of piperazine rings is 1. The molecule has 14 heavy (non-hydrogen) atoms. The van der Waals surface area contributed by atoms with Crippen LogP contribution in [0, 0.1) is 0 Å². The van der Waals surface area contributed by atoms with Crippen LogP contribution in [0.15, 0.2) is 0 Å². The van der Waals surface area contributed by atoms with Crippen molar-refractivity contribution >= 4 is 15.9 Å². The van der Waals surface area contributed by atoms with E-state index in [1.807, 2.05) is 0 Å². The first-order valence-electron chi connectivity index (χ1n) is 4.18. The van der Waals surface area contributed by atoms with Crippen LogP contribution >= 0.6 is 0 Å². The molecule has 0 aromatic rings. The largest absolute Gasteiger partial charge is 0.314 e. The lowest BCUT2D eigenvalue weighted by atomic mass is 10.4. The molecule has 1 saturated heterocycles. The first-order chi connectivity index (χ1) is 6.56. The first-order valence-corrected chi connectivity index (χ1v) is 5.78. The van der Waals surface area contributed by atoms with Gasteiger partial charge in [-0.1, -0.05) is 0 Å². The summed E-state index contributed by atoms with van der Waals surface area (Å²) in [4.78, 5) is 10.7. The Balaban J connectivity index is 2.59. The topological polar surface area (TPSA) is 98.7 Å². The zero-order chi connectivity index (χ0) is 10.6. The molecule has 1 rings (SSSR count). The van der Waals surface area contributed by atoms with Crippen LogP contribution < -0.4 is 10.8 Å². The molecule has 0 radical (unpaired) electrons. The molecule has 0 aromatic heterocycles. The van der Waals surface area contributed by atoms with Crippen molar-refractivity contribution in [2.75, 3.05) is 31.9 Å². The Morgan fingerprint density at radius 2 is 2.00 bits per heavy atom. The molecule has 1 fully saturated rings. The van der Waals surface area contributed by atoms with Crippen molar-refractivity contribution in [2.45, 2.75) is 0 Å². The summed E-state index contributed by atoms with van der Waals surface area (Å²) in [5.41, 5.74) is 1.30. The number of nitrogens with one attached hydrogen (secondary N) is 2. The van der Waals surface area contributed by atoms with Crippen LogP contribution in [0.25, 0.3) is 0 Å². The lowest BCUT2D eigenvalue weighted by Gasteiger charge is -2.26. The standard InChI is InChI=1S/C6H13N3O4S/c10-6(8-11)5-14(12,13)9-3-1-7-2-4-9/h7,11H,1-5H2,(H,8,10). The molecule has 0 spiro atoms. The summed E-state index contributed by atoms with van der Waals surface area (Å²) in [6, 6.07) is 0. The molecule has 1 heterocycles. The fourth-order valence-corrected chi connectivity index (χ4v) is 2.53. The van der Waals surface area contributed by atoms with Crippen LogP contribution in [0.2, 0.25) is 0 Å². The van der Waals surface area contributed by atoms with Gasteiger partial charge in [0.15, 0.2) is 0 Å². The fraction of sp³-hybridized carbons (Fsp3) is 0.833. The van der Waals surface area contributed by atoms with Crippen molar-refractivity contribution in [1.82, 2.24) is 15.1 Å². The molecule has 3 N–H and O–H groups in total. The number of hydrogen-bond donors (Lipinski definition) is 3. The van der Waals surface area contributed by atoms with Gasteiger partial charge in [-0.15, -0.1) is 0 Å². The summed E-state index contributed by atoms with van der Waals surface area (Å²) in [5, 5.41) is 11.2. The van der Waals surface area contributed by atoms with Crippen molar-refractivity contribution in [3.63, 3.8) is 0 Å². The summed E-state index contributed by atoms with van der Waals surface area (Å²) < 4.78 is 24.2. The highest BCUT2D eigenvalue weighted by atomic mass is 32.2. The van der Waals surface area contributed by atoms with Crippen LogP contribution in [-0.2, 0) is 14.8 Å². The van der Waals surface area contributed by atoms with Crippen molar-refractivity contribution in [1.29, 1.82) is 0 Å². The quantitative estimate of drug-likeness (QED) is 0.370. The third-order valence-electron chi connectivity index (χ3n) is 1.91. The van der Waals surface area contributed by atoms with E-state index in [9.17, 15) is 13.2 Å². The Morgan fingerprint density at radius 1 is 1.43 bits per heavy atom. The predicted molar refractivity (Wildman–Crippen MR) is 48.2 cm³/mol. The van der Waals surface area contributed by atoms with E-state index in [1.54, 1.807) is 0 Å². The predicted octanol–water partition coefficient (Wildman–Crippen LogP) is -2.27. The Morgan fingerprint density at radius 3 is 2.50 bits per heavy atom. The molecule has 1 amide bonds. The van der Waals surface area contributed by atoms with Crippen molar-refractivity contribution in [2.24, 2.45) is 0 Å². The van der Waals surface area contributed by atoms with E-state index in [0.29, 0.717) is 26.2 Å². The Bertz CT molecular complexity index is 296. The van der Waals surface area contributed by atoms with E-state index in [-0.39, 0.29) is 0 Å². The second-order valence-corrected chi connectivity index (χ2v) is 4.91. The zero-order valence-corrected chi connectivity index (χ0v) is 8.38. The maximum absolute atomic E-state index is 11.5. The van der Waals surface area contributed by atoms with Crippen LogP contribution in [0.5, 0.6) is 0 Å². The Labute approximate surface area is 82.1 Å². The number of rotatable bonds is 3. The van der Waals surface area contributed by atoms with Crippen LogP contribution in [0.1, 0.15) is 0 Å². The lowest BCUT2D eigenvalue weighted by molar-refractivity contribution is -0.126. The highest BCUT2D eigenvalue weighted by Crippen LogP contribution is 2.02. The van der Waals surface area contributed by atoms with Gasteiger partial charge in [-0.2, -0.15) is 4.31 Å². The highest BCUT2D eigenvalue weighted by Gasteiger charge is 2.26. The number of hydroxylamine groups is 1. The van der Waals surface area contributed by atoms with Crippen LogP contribution in [0.3, 0.4) is 0 Å². The molecule has 7 nitrogen and oxygen atoms in total. The molecule has 0 aromatic carbocycles. The highest BCUT2D eigenvalue weighted by molar-refractivity contribution is 7.89. The summed E-state index contributed by atoms with van der Waals surface area (Å²) in [6.45, 7) is 1.89. The van der Waals surface area contributed by atoms with Crippen molar-refractivity contribution in [3.05, 3.63) is 0 Å². The summed E-state index contributed by atoms with van der Waals surface area (Å²) in [7, 11) is -3.57. The third-order valence-corrected chi connectivity index (χ3v) is 3.69. The molecule has 0 atom stereocenters. The molecule has 0 bridgehead atoms. The number of amides is 1. The third kappa shape index (κ3) is 2.91. The summed E-state index contributed by atoms with van der Waals surface area (Å²) in [6.07, 6.45) is 0. The minimum absolute atomic E-state index is 0.362. The molecule has 0 aliphatic carbocycles. The average molecular weight is 223 g/mol. The smallest absolute Gasteiger partial charge is 0.259 e. The summed E-state index contributed by atoms with van der Waals surface area (Å²) >= 11 is 0.